The van der Waals surface area contributed by atoms with E-state index >= 15 is 0 Å². The van der Waals surface area contributed by atoms with Gasteiger partial charge in [0.2, 0.25) is 10.0 Å². The molecule has 0 aliphatic heterocycles. The second-order valence-corrected chi connectivity index (χ2v) is 8.10. The van der Waals surface area contributed by atoms with Crippen LogP contribution in [-0.4, -0.2) is 36.7 Å². The summed E-state index contributed by atoms with van der Waals surface area (Å²) in [7, 11) is -3.54. The zero-order valence-corrected chi connectivity index (χ0v) is 16.5. The van der Waals surface area contributed by atoms with Crippen molar-refractivity contribution in [1.82, 2.24) is 19.9 Å². The van der Waals surface area contributed by atoms with E-state index < -0.39 is 10.0 Å². The van der Waals surface area contributed by atoms with Crippen LogP contribution in [0, 0.1) is 0 Å². The monoisotopic (exact) mass is 448 g/mol. The first-order chi connectivity index (χ1) is 13.0. The quantitative estimate of drug-likeness (QED) is 0.454. The normalized spacial score (nSPS) is 11.1. The van der Waals surface area contributed by atoms with Crippen molar-refractivity contribution in [2.24, 2.45) is 0 Å². The Balaban J connectivity index is 1.47. The van der Waals surface area contributed by atoms with Gasteiger partial charge in [-0.25, -0.2) is 18.1 Å². The van der Waals surface area contributed by atoms with Crippen molar-refractivity contribution >= 4 is 43.4 Å². The van der Waals surface area contributed by atoms with E-state index in [2.05, 4.69) is 46.5 Å². The fourth-order valence-corrected chi connectivity index (χ4v) is 3.43. The first-order valence-corrected chi connectivity index (χ1v) is 10.3. The predicted molar refractivity (Wildman–Crippen MR) is 107 cm³/mol. The van der Waals surface area contributed by atoms with Gasteiger partial charge >= 0.3 is 0 Å². The summed E-state index contributed by atoms with van der Waals surface area (Å²) in [5, 5.41) is 14.1. The third kappa shape index (κ3) is 5.71. The van der Waals surface area contributed by atoms with Gasteiger partial charge in [0, 0.05) is 23.8 Å². The molecule has 0 bridgehead atoms. The molecule has 3 aromatic rings. The van der Waals surface area contributed by atoms with Gasteiger partial charge < -0.3 is 10.6 Å². The third-order valence-electron chi connectivity index (χ3n) is 3.43. The Bertz CT molecular complexity index is 967. The average Bonchev–Trinajstić information content (AvgIpc) is 2.68. The first kappa shape index (κ1) is 19.2. The number of benzene rings is 1. The number of aromatic nitrogens is 3. The van der Waals surface area contributed by atoms with Crippen molar-refractivity contribution in [1.29, 1.82) is 0 Å². The van der Waals surface area contributed by atoms with E-state index in [1.165, 1.54) is 0 Å². The SMILES string of the molecule is O=S(=O)(NCCNc1ccc(Nc2ccccn2)nn1)c1ccc(Br)cc1. The zero-order chi connectivity index (χ0) is 19.1. The van der Waals surface area contributed by atoms with Gasteiger partial charge in [-0.1, -0.05) is 22.0 Å². The van der Waals surface area contributed by atoms with Crippen LogP contribution in [0.15, 0.2) is 70.2 Å². The molecule has 0 atom stereocenters. The Morgan fingerprint density at radius 3 is 2.26 bits per heavy atom. The second-order valence-electron chi connectivity index (χ2n) is 5.42. The number of halogens is 1. The van der Waals surface area contributed by atoms with Gasteiger partial charge in [-0.2, -0.15) is 0 Å². The summed E-state index contributed by atoms with van der Waals surface area (Å²) < 4.78 is 27.7. The minimum atomic E-state index is -3.54. The molecular weight excluding hydrogens is 432 g/mol. The zero-order valence-electron chi connectivity index (χ0n) is 14.1. The Hall–Kier alpha value is -2.56. The summed E-state index contributed by atoms with van der Waals surface area (Å²) in [5.74, 6) is 1.79. The van der Waals surface area contributed by atoms with Crippen molar-refractivity contribution in [3.8, 4) is 0 Å². The molecule has 0 aliphatic rings. The Morgan fingerprint density at radius 1 is 0.852 bits per heavy atom. The average molecular weight is 449 g/mol. The lowest BCUT2D eigenvalue weighted by Crippen LogP contribution is -2.29. The molecule has 0 unspecified atom stereocenters. The van der Waals surface area contributed by atoms with Crippen LogP contribution in [0.5, 0.6) is 0 Å². The van der Waals surface area contributed by atoms with Crippen LogP contribution < -0.4 is 15.4 Å². The van der Waals surface area contributed by atoms with Crippen LogP contribution >= 0.6 is 15.9 Å². The van der Waals surface area contributed by atoms with Gasteiger partial charge in [0.25, 0.3) is 0 Å². The molecule has 2 heterocycles. The number of nitrogens with one attached hydrogen (secondary N) is 3. The van der Waals surface area contributed by atoms with Crippen LogP contribution in [0.1, 0.15) is 0 Å². The standard InChI is InChI=1S/C17H17BrN6O2S/c18-13-4-6-14(7-5-13)27(25,26)21-12-11-20-16-8-9-17(24-23-16)22-15-3-1-2-10-19-15/h1-10,21H,11-12H2,(H,20,23)(H,19,22,24). The highest BCUT2D eigenvalue weighted by Gasteiger charge is 2.12. The first-order valence-electron chi connectivity index (χ1n) is 8.04. The minimum Gasteiger partial charge on any atom is -0.367 e. The topological polar surface area (TPSA) is 109 Å². The van der Waals surface area contributed by atoms with Crippen LogP contribution in [0.2, 0.25) is 0 Å². The van der Waals surface area contributed by atoms with E-state index in [0.717, 1.165) is 4.47 Å². The number of rotatable bonds is 8. The van der Waals surface area contributed by atoms with Crippen LogP contribution in [0.3, 0.4) is 0 Å². The Kier molecular flexibility index (Phi) is 6.32. The number of hydrogen-bond acceptors (Lipinski definition) is 7. The van der Waals surface area contributed by atoms with Crippen LogP contribution in [-0.2, 0) is 10.0 Å². The smallest absolute Gasteiger partial charge is 0.240 e. The van der Waals surface area contributed by atoms with Crippen molar-refractivity contribution in [3.63, 3.8) is 0 Å². The molecular formula is C17H17BrN6O2S. The highest BCUT2D eigenvalue weighted by Crippen LogP contribution is 2.14. The van der Waals surface area contributed by atoms with E-state index in [1.54, 1.807) is 42.6 Å². The minimum absolute atomic E-state index is 0.216. The molecule has 1 aromatic carbocycles. The summed E-state index contributed by atoms with van der Waals surface area (Å²) in [4.78, 5) is 4.37. The van der Waals surface area contributed by atoms with Crippen molar-refractivity contribution in [2.75, 3.05) is 23.7 Å². The van der Waals surface area contributed by atoms with E-state index in [0.29, 0.717) is 24.0 Å². The summed E-state index contributed by atoms with van der Waals surface area (Å²) in [6, 6.07) is 15.5. The summed E-state index contributed by atoms with van der Waals surface area (Å²) in [5.41, 5.74) is 0. The van der Waals surface area contributed by atoms with Gasteiger partial charge in [0.05, 0.1) is 4.90 Å². The molecule has 0 spiro atoms. The molecule has 27 heavy (non-hydrogen) atoms. The van der Waals surface area contributed by atoms with Crippen molar-refractivity contribution in [2.45, 2.75) is 4.90 Å². The Morgan fingerprint density at radius 2 is 1.59 bits per heavy atom. The lowest BCUT2D eigenvalue weighted by atomic mass is 10.4. The van der Waals surface area contributed by atoms with E-state index in [9.17, 15) is 8.42 Å². The highest BCUT2D eigenvalue weighted by molar-refractivity contribution is 9.10. The number of sulfonamides is 1. The largest absolute Gasteiger partial charge is 0.367 e. The van der Waals surface area contributed by atoms with Gasteiger partial charge in [0.15, 0.2) is 5.82 Å². The number of hydrogen-bond donors (Lipinski definition) is 3. The lowest BCUT2D eigenvalue weighted by molar-refractivity contribution is 0.583. The molecule has 0 fully saturated rings. The Labute approximate surface area is 165 Å². The summed E-state index contributed by atoms with van der Waals surface area (Å²) in [6.45, 7) is 0.589. The second kappa shape index (κ2) is 8.89. The summed E-state index contributed by atoms with van der Waals surface area (Å²) in [6.07, 6.45) is 1.68. The molecule has 0 aliphatic carbocycles. The van der Waals surface area contributed by atoms with Crippen molar-refractivity contribution < 1.29 is 8.42 Å². The lowest BCUT2D eigenvalue weighted by Gasteiger charge is -2.09. The molecule has 3 N–H and O–H groups in total. The molecule has 0 radical (unpaired) electrons. The van der Waals surface area contributed by atoms with Gasteiger partial charge in [0.1, 0.15) is 11.6 Å². The van der Waals surface area contributed by atoms with Gasteiger partial charge in [-0.15, -0.1) is 10.2 Å². The fraction of sp³-hybridized carbons (Fsp3) is 0.118. The highest BCUT2D eigenvalue weighted by atomic mass is 79.9. The van der Waals surface area contributed by atoms with Gasteiger partial charge in [-0.05, 0) is 48.5 Å². The molecule has 0 amide bonds. The van der Waals surface area contributed by atoms with Crippen LogP contribution in [0.4, 0.5) is 17.5 Å². The summed E-state index contributed by atoms with van der Waals surface area (Å²) >= 11 is 3.28. The third-order valence-corrected chi connectivity index (χ3v) is 5.44. The number of nitrogens with zero attached hydrogens (tertiary/aromatic N) is 3. The number of anilines is 3. The van der Waals surface area contributed by atoms with Crippen molar-refractivity contribution in [3.05, 3.63) is 65.3 Å². The maximum absolute atomic E-state index is 12.2. The maximum atomic E-state index is 12.2. The van der Waals surface area contributed by atoms with Gasteiger partial charge in [-0.3, -0.25) is 0 Å². The van der Waals surface area contributed by atoms with E-state index in [4.69, 9.17) is 0 Å². The maximum Gasteiger partial charge on any atom is 0.240 e. The molecule has 140 valence electrons. The van der Waals surface area contributed by atoms with E-state index in [-0.39, 0.29) is 11.4 Å². The molecule has 2 aromatic heterocycles. The molecule has 3 rings (SSSR count). The van der Waals surface area contributed by atoms with E-state index in [1.807, 2.05) is 18.2 Å². The molecule has 8 nitrogen and oxygen atoms in total. The molecule has 0 saturated carbocycles. The fourth-order valence-electron chi connectivity index (χ4n) is 2.13. The molecule has 0 saturated heterocycles. The van der Waals surface area contributed by atoms with Crippen LogP contribution in [0.25, 0.3) is 0 Å². The molecule has 10 heteroatoms. The number of pyridine rings is 1. The predicted octanol–water partition coefficient (Wildman–Crippen LogP) is 2.77.